The predicted octanol–water partition coefficient (Wildman–Crippen LogP) is 1.37. The number of aryl methyl sites for hydroxylation is 1. The smallest absolute Gasteiger partial charge is 0.221 e. The highest BCUT2D eigenvalue weighted by Gasteiger charge is 2.14. The number of aromatic nitrogens is 5. The molecule has 0 aliphatic carbocycles. The first-order chi connectivity index (χ1) is 10.7. The Balaban J connectivity index is 2.01. The van der Waals surface area contributed by atoms with Gasteiger partial charge in [0, 0.05) is 19.8 Å². The highest BCUT2D eigenvalue weighted by Crippen LogP contribution is 2.28. The summed E-state index contributed by atoms with van der Waals surface area (Å²) >= 11 is 0. The number of imidazole rings is 1. The second-order valence-corrected chi connectivity index (χ2v) is 4.83. The molecule has 0 saturated carbocycles. The van der Waals surface area contributed by atoms with Crippen LogP contribution in [0.5, 0.6) is 5.88 Å². The van der Waals surface area contributed by atoms with E-state index in [1.807, 2.05) is 24.7 Å². The van der Waals surface area contributed by atoms with E-state index < -0.39 is 0 Å². The largest absolute Gasteiger partial charge is 0.476 e. The van der Waals surface area contributed by atoms with Gasteiger partial charge in [-0.2, -0.15) is 5.10 Å². The van der Waals surface area contributed by atoms with Crippen LogP contribution >= 0.6 is 0 Å². The summed E-state index contributed by atoms with van der Waals surface area (Å²) in [4.78, 5) is 8.74. The van der Waals surface area contributed by atoms with Gasteiger partial charge in [-0.15, -0.1) is 0 Å². The molecule has 0 spiro atoms. The van der Waals surface area contributed by atoms with Crippen LogP contribution in [-0.4, -0.2) is 44.3 Å². The molecule has 3 aromatic rings. The van der Waals surface area contributed by atoms with Crippen molar-refractivity contribution in [3.63, 3.8) is 0 Å². The van der Waals surface area contributed by atoms with Crippen LogP contribution in [0.1, 0.15) is 5.69 Å². The van der Waals surface area contributed by atoms with Gasteiger partial charge in [0.05, 0.1) is 35.5 Å². The van der Waals surface area contributed by atoms with Crippen LogP contribution in [0.2, 0.25) is 0 Å². The molecule has 0 unspecified atom stereocenters. The molecule has 7 nitrogen and oxygen atoms in total. The highest BCUT2D eigenvalue weighted by atomic mass is 16.5. The number of hydrogen-bond acceptors (Lipinski definition) is 5. The lowest BCUT2D eigenvalue weighted by Crippen LogP contribution is -2.17. The number of nitrogens with one attached hydrogen (secondary N) is 1. The van der Waals surface area contributed by atoms with E-state index in [0.29, 0.717) is 12.5 Å². The highest BCUT2D eigenvalue weighted by molar-refractivity contribution is 5.65. The lowest BCUT2D eigenvalue weighted by Gasteiger charge is -2.08. The Morgan fingerprint density at radius 1 is 1.32 bits per heavy atom. The molecule has 0 aliphatic rings. The van der Waals surface area contributed by atoms with Gasteiger partial charge in [-0.25, -0.2) is 9.67 Å². The van der Waals surface area contributed by atoms with Crippen molar-refractivity contribution in [2.24, 2.45) is 7.05 Å². The number of rotatable bonds is 6. The molecular formula is C15H18N6O. The summed E-state index contributed by atoms with van der Waals surface area (Å²) in [7, 11) is 3.74. The zero-order valence-electron chi connectivity index (χ0n) is 12.7. The summed E-state index contributed by atoms with van der Waals surface area (Å²) in [5, 5.41) is 7.32. The molecule has 0 fully saturated rings. The predicted molar refractivity (Wildman–Crippen MR) is 84.7 cm³/mol. The van der Waals surface area contributed by atoms with Gasteiger partial charge in [-0.05, 0) is 13.1 Å². The molecule has 0 atom stereocenters. The maximum absolute atomic E-state index is 5.81. The molecule has 0 radical (unpaired) electrons. The Kier molecular flexibility index (Phi) is 3.88. The average molecular weight is 298 g/mol. The van der Waals surface area contributed by atoms with Gasteiger partial charge in [0.15, 0.2) is 5.65 Å². The topological polar surface area (TPSA) is 69.3 Å². The number of hydrogen-bond donors (Lipinski definition) is 1. The lowest BCUT2D eigenvalue weighted by atomic mass is 10.2. The Labute approximate surface area is 128 Å². The monoisotopic (exact) mass is 298 g/mol. The molecule has 0 aromatic carbocycles. The average Bonchev–Trinajstić information content (AvgIpc) is 3.11. The van der Waals surface area contributed by atoms with Gasteiger partial charge in [0.1, 0.15) is 6.61 Å². The summed E-state index contributed by atoms with van der Waals surface area (Å²) in [6.45, 7) is 5.12. The summed E-state index contributed by atoms with van der Waals surface area (Å²) in [5.41, 5.74) is 3.32. The maximum atomic E-state index is 5.81. The van der Waals surface area contributed by atoms with E-state index in [4.69, 9.17) is 4.74 Å². The van der Waals surface area contributed by atoms with Crippen molar-refractivity contribution in [2.75, 3.05) is 20.2 Å². The minimum Gasteiger partial charge on any atom is -0.476 e. The molecule has 3 heterocycles. The van der Waals surface area contributed by atoms with Crippen LogP contribution in [0.4, 0.5) is 0 Å². The molecule has 0 amide bonds. The van der Waals surface area contributed by atoms with Crippen molar-refractivity contribution in [3.8, 4) is 17.1 Å². The van der Waals surface area contributed by atoms with Gasteiger partial charge in [0.2, 0.25) is 5.88 Å². The van der Waals surface area contributed by atoms with Crippen molar-refractivity contribution >= 4 is 11.7 Å². The second-order valence-electron chi connectivity index (χ2n) is 4.83. The van der Waals surface area contributed by atoms with Crippen LogP contribution in [0, 0.1) is 0 Å². The number of fused-ring (bicyclic) bond motifs is 1. The number of nitrogens with zero attached hydrogens (tertiary/aromatic N) is 5. The number of likely N-dealkylation sites (N-methyl/N-ethyl adjacent to an activating group) is 1. The van der Waals surface area contributed by atoms with E-state index >= 15 is 0 Å². The summed E-state index contributed by atoms with van der Waals surface area (Å²) < 4.78 is 9.46. The van der Waals surface area contributed by atoms with Gasteiger partial charge < -0.3 is 10.1 Å². The van der Waals surface area contributed by atoms with Crippen molar-refractivity contribution in [1.29, 1.82) is 0 Å². The third-order valence-corrected chi connectivity index (χ3v) is 3.38. The van der Waals surface area contributed by atoms with E-state index in [-0.39, 0.29) is 0 Å². The second kappa shape index (κ2) is 5.98. The molecule has 7 heteroatoms. The molecule has 3 rings (SSSR count). The van der Waals surface area contributed by atoms with E-state index in [2.05, 4.69) is 27.0 Å². The quantitative estimate of drug-likeness (QED) is 0.696. The van der Waals surface area contributed by atoms with Crippen molar-refractivity contribution in [2.45, 2.75) is 0 Å². The van der Waals surface area contributed by atoms with E-state index in [9.17, 15) is 0 Å². The van der Waals surface area contributed by atoms with Gasteiger partial charge >= 0.3 is 0 Å². The molecular weight excluding hydrogens is 280 g/mol. The minimum atomic E-state index is 0.564. The Hall–Kier alpha value is -2.67. The zero-order valence-corrected chi connectivity index (χ0v) is 12.7. The van der Waals surface area contributed by atoms with Gasteiger partial charge in [-0.3, -0.25) is 9.38 Å². The Bertz CT molecular complexity index is 804. The fraction of sp³-hybridized carbons (Fsp3) is 0.267. The summed E-state index contributed by atoms with van der Waals surface area (Å²) in [5.74, 6) is 0.697. The lowest BCUT2D eigenvalue weighted by molar-refractivity contribution is 0.292. The number of ether oxygens (including phenoxy) is 1. The molecule has 22 heavy (non-hydrogen) atoms. The molecule has 0 bridgehead atoms. The first-order valence-electron chi connectivity index (χ1n) is 7.00. The standard InChI is InChI=1S/C15H18N6O/c1-4-11-7-18-14-9-17-13(10-21(11)14)12-8-19-20(3)15(12)22-6-5-16-2/h4,7-10,16H,1,5-6H2,2-3H3. The summed E-state index contributed by atoms with van der Waals surface area (Å²) in [6, 6.07) is 0. The van der Waals surface area contributed by atoms with Crippen LogP contribution in [0.15, 0.2) is 31.4 Å². The van der Waals surface area contributed by atoms with E-state index in [0.717, 1.165) is 29.1 Å². The molecule has 1 N–H and O–H groups in total. The van der Waals surface area contributed by atoms with Crippen LogP contribution in [-0.2, 0) is 7.05 Å². The minimum absolute atomic E-state index is 0.564. The van der Waals surface area contributed by atoms with Crippen LogP contribution in [0.3, 0.4) is 0 Å². The van der Waals surface area contributed by atoms with Gasteiger partial charge in [0.25, 0.3) is 0 Å². The molecule has 0 aliphatic heterocycles. The first kappa shape index (κ1) is 14.3. The SMILES string of the molecule is C=Cc1cnc2cnc(-c3cnn(C)c3OCCNC)cn12. The van der Waals surface area contributed by atoms with Crippen molar-refractivity contribution in [1.82, 2.24) is 29.5 Å². The first-order valence-corrected chi connectivity index (χ1v) is 7.00. The van der Waals surface area contributed by atoms with Crippen LogP contribution < -0.4 is 10.1 Å². The maximum Gasteiger partial charge on any atom is 0.221 e. The molecule has 3 aromatic heterocycles. The van der Waals surface area contributed by atoms with Crippen molar-refractivity contribution < 1.29 is 4.74 Å². The third kappa shape index (κ3) is 2.46. The van der Waals surface area contributed by atoms with E-state index in [1.54, 1.807) is 29.3 Å². The molecule has 114 valence electrons. The van der Waals surface area contributed by atoms with Gasteiger partial charge in [-0.1, -0.05) is 6.58 Å². The third-order valence-electron chi connectivity index (χ3n) is 3.38. The van der Waals surface area contributed by atoms with E-state index in [1.165, 1.54) is 0 Å². The molecule has 0 saturated heterocycles. The zero-order chi connectivity index (χ0) is 15.5. The fourth-order valence-corrected chi connectivity index (χ4v) is 2.22. The Morgan fingerprint density at radius 2 is 2.18 bits per heavy atom. The normalized spacial score (nSPS) is 11.0. The Morgan fingerprint density at radius 3 is 2.95 bits per heavy atom. The summed E-state index contributed by atoms with van der Waals surface area (Å²) in [6.07, 6.45) is 8.93. The fourth-order valence-electron chi connectivity index (χ4n) is 2.22. The van der Waals surface area contributed by atoms with Crippen LogP contribution in [0.25, 0.3) is 23.0 Å². The van der Waals surface area contributed by atoms with Crippen molar-refractivity contribution in [3.05, 3.63) is 37.1 Å².